The molecule has 196 valence electrons. The molecule has 3 aliphatic rings. The van der Waals surface area contributed by atoms with Crippen LogP contribution in [0.4, 0.5) is 0 Å². The van der Waals surface area contributed by atoms with Crippen molar-refractivity contribution in [2.45, 2.75) is 115 Å². The quantitative estimate of drug-likeness (QED) is 0.286. The number of hydrogen-bond acceptors (Lipinski definition) is 7. The fraction of sp³-hybridized carbons (Fsp3) is 0.679. The Balaban J connectivity index is 1.44. The number of aliphatic hydroxyl groups excluding tert-OH is 1. The molecule has 0 aromatic heterocycles. The van der Waals surface area contributed by atoms with Gasteiger partial charge in [-0.25, -0.2) is 0 Å². The van der Waals surface area contributed by atoms with E-state index in [4.69, 9.17) is 18.9 Å². The molecule has 7 nitrogen and oxygen atoms in total. The molecule has 35 heavy (non-hydrogen) atoms. The van der Waals surface area contributed by atoms with Crippen molar-refractivity contribution in [3.63, 3.8) is 0 Å². The second kappa shape index (κ2) is 11.4. The largest absolute Gasteiger partial charge is 0.459 e. The summed E-state index contributed by atoms with van der Waals surface area (Å²) >= 11 is 0. The zero-order chi connectivity index (χ0) is 25.8. The molecule has 3 rings (SSSR count). The second-order valence-corrected chi connectivity index (χ2v) is 10.9. The lowest BCUT2D eigenvalue weighted by Gasteiger charge is -2.41. The number of esters is 1. The minimum atomic E-state index is -0.638. The molecule has 1 spiro atoms. The van der Waals surface area contributed by atoms with E-state index in [0.29, 0.717) is 13.0 Å². The van der Waals surface area contributed by atoms with Crippen molar-refractivity contribution in [3.05, 3.63) is 48.2 Å². The maximum Gasteiger partial charge on any atom is 0.303 e. The standard InChI is InChI=1S/C28H43NO6/c1-18(9-15-25-26(31)28(17-32-28)16-27(6,7)35-25)8-12-23-13-14-24(21(4)34-23)29-19(2)10-11-20(3)33-22(5)30/h8-11,15,20-21,23-26,29,31H,2,12-14,16-17H2,1,3-7H3/b11-10-,15-9+,18-8+/t20-,21-,23+,24-,25-,26-,28-/m1/s1. The van der Waals surface area contributed by atoms with Crippen LogP contribution in [0.2, 0.25) is 0 Å². The summed E-state index contributed by atoms with van der Waals surface area (Å²) in [5, 5.41) is 14.1. The smallest absolute Gasteiger partial charge is 0.303 e. The van der Waals surface area contributed by atoms with Gasteiger partial charge in [0.05, 0.1) is 30.5 Å². The number of carbonyl (C=O) groups is 1. The zero-order valence-corrected chi connectivity index (χ0v) is 22.1. The summed E-state index contributed by atoms with van der Waals surface area (Å²) < 4.78 is 23.1. The van der Waals surface area contributed by atoms with Gasteiger partial charge in [-0.2, -0.15) is 0 Å². The Morgan fingerprint density at radius 1 is 1.29 bits per heavy atom. The number of ether oxygens (including phenoxy) is 4. The van der Waals surface area contributed by atoms with Crippen molar-refractivity contribution in [2.24, 2.45) is 0 Å². The monoisotopic (exact) mass is 489 g/mol. The first-order valence-corrected chi connectivity index (χ1v) is 12.7. The Morgan fingerprint density at radius 2 is 2.00 bits per heavy atom. The topological polar surface area (TPSA) is 89.6 Å². The maximum atomic E-state index is 11.0. The molecule has 7 atom stereocenters. The van der Waals surface area contributed by atoms with Crippen LogP contribution in [0.3, 0.4) is 0 Å². The van der Waals surface area contributed by atoms with E-state index in [1.54, 1.807) is 0 Å². The van der Waals surface area contributed by atoms with E-state index < -0.39 is 11.7 Å². The zero-order valence-electron chi connectivity index (χ0n) is 22.1. The van der Waals surface area contributed by atoms with Crippen LogP contribution in [0.15, 0.2) is 48.2 Å². The molecular formula is C28H43NO6. The highest BCUT2D eigenvalue weighted by Gasteiger charge is 2.60. The van der Waals surface area contributed by atoms with Crippen LogP contribution in [-0.2, 0) is 23.7 Å². The van der Waals surface area contributed by atoms with Gasteiger partial charge in [0.15, 0.2) is 0 Å². The molecule has 7 heteroatoms. The molecule has 3 saturated heterocycles. The molecule has 0 bridgehead atoms. The predicted octanol–water partition coefficient (Wildman–Crippen LogP) is 4.12. The van der Waals surface area contributed by atoms with Crippen LogP contribution in [0.5, 0.6) is 0 Å². The van der Waals surface area contributed by atoms with Gasteiger partial charge in [0.1, 0.15) is 23.9 Å². The minimum absolute atomic E-state index is 0.0526. The van der Waals surface area contributed by atoms with E-state index in [-0.39, 0.29) is 42.0 Å². The summed E-state index contributed by atoms with van der Waals surface area (Å²) in [7, 11) is 0. The molecule has 0 amide bonds. The Hall–Kier alpha value is -1.93. The van der Waals surface area contributed by atoms with Crippen molar-refractivity contribution < 1.29 is 28.8 Å². The number of epoxide rings is 1. The summed E-state index contributed by atoms with van der Waals surface area (Å²) in [6.07, 6.45) is 12.2. The summed E-state index contributed by atoms with van der Waals surface area (Å²) in [6, 6.07) is 0.183. The lowest BCUT2D eigenvalue weighted by atomic mass is 9.83. The van der Waals surface area contributed by atoms with Gasteiger partial charge >= 0.3 is 5.97 Å². The highest BCUT2D eigenvalue weighted by Crippen LogP contribution is 2.46. The van der Waals surface area contributed by atoms with Crippen LogP contribution in [0, 0.1) is 0 Å². The second-order valence-electron chi connectivity index (χ2n) is 10.9. The van der Waals surface area contributed by atoms with Crippen molar-refractivity contribution in [1.82, 2.24) is 5.32 Å². The Bertz CT molecular complexity index is 856. The van der Waals surface area contributed by atoms with Crippen molar-refractivity contribution >= 4 is 5.97 Å². The number of carbonyl (C=O) groups excluding carboxylic acids is 1. The minimum Gasteiger partial charge on any atom is -0.459 e. The molecule has 0 saturated carbocycles. The van der Waals surface area contributed by atoms with Gasteiger partial charge in [-0.1, -0.05) is 30.4 Å². The molecule has 3 aliphatic heterocycles. The highest BCUT2D eigenvalue weighted by molar-refractivity contribution is 5.66. The van der Waals surface area contributed by atoms with Crippen LogP contribution in [-0.4, -0.2) is 65.4 Å². The van der Waals surface area contributed by atoms with Gasteiger partial charge < -0.3 is 29.4 Å². The molecule has 0 unspecified atom stereocenters. The summed E-state index contributed by atoms with van der Waals surface area (Å²) in [4.78, 5) is 11.0. The molecule has 3 fully saturated rings. The molecule has 0 aliphatic carbocycles. The SMILES string of the molecule is C=C(/C=C\[C@@H](C)OC(C)=O)N[C@@H]1CC[C@H](C/C=C(C)/C=C/[C@H]2OC(C)(C)C[C@@]3(CO3)[C@@H]2O)O[C@@H]1C. The molecule has 0 aromatic rings. The molecular weight excluding hydrogens is 446 g/mol. The first-order chi connectivity index (χ1) is 16.4. The summed E-state index contributed by atoms with van der Waals surface area (Å²) in [5.41, 5.74) is 1.14. The number of aliphatic hydroxyl groups is 1. The molecule has 0 radical (unpaired) electrons. The lowest BCUT2D eigenvalue weighted by Crippen LogP contribution is -2.53. The number of nitrogens with one attached hydrogen (secondary N) is 1. The van der Waals surface area contributed by atoms with Gasteiger partial charge in [-0.15, -0.1) is 0 Å². The van der Waals surface area contributed by atoms with Gasteiger partial charge in [0, 0.05) is 19.0 Å². The van der Waals surface area contributed by atoms with Gasteiger partial charge in [0.2, 0.25) is 0 Å². The van der Waals surface area contributed by atoms with Crippen LogP contribution in [0.25, 0.3) is 0 Å². The van der Waals surface area contributed by atoms with E-state index >= 15 is 0 Å². The van der Waals surface area contributed by atoms with E-state index in [2.05, 4.69) is 31.8 Å². The Morgan fingerprint density at radius 3 is 2.63 bits per heavy atom. The Labute approximate surface area is 210 Å². The fourth-order valence-corrected chi connectivity index (χ4v) is 5.01. The van der Waals surface area contributed by atoms with Gasteiger partial charge in [-0.05, 0) is 66.0 Å². The average Bonchev–Trinajstić information content (AvgIpc) is 3.53. The van der Waals surface area contributed by atoms with Crippen molar-refractivity contribution in [2.75, 3.05) is 6.61 Å². The average molecular weight is 490 g/mol. The highest BCUT2D eigenvalue weighted by atomic mass is 16.6. The third-order valence-electron chi connectivity index (χ3n) is 6.86. The number of allylic oxidation sites excluding steroid dienone is 3. The van der Waals surface area contributed by atoms with E-state index in [1.807, 2.05) is 45.1 Å². The van der Waals surface area contributed by atoms with Gasteiger partial charge in [0.25, 0.3) is 0 Å². The first-order valence-electron chi connectivity index (χ1n) is 12.7. The summed E-state index contributed by atoms with van der Waals surface area (Å²) in [5.74, 6) is -0.300. The number of hydrogen-bond donors (Lipinski definition) is 2. The molecule has 3 heterocycles. The van der Waals surface area contributed by atoms with Crippen LogP contribution < -0.4 is 5.32 Å². The third-order valence-corrected chi connectivity index (χ3v) is 6.86. The third kappa shape index (κ3) is 8.04. The first kappa shape index (κ1) is 27.7. The Kier molecular flexibility index (Phi) is 9.02. The van der Waals surface area contributed by atoms with Crippen molar-refractivity contribution in [1.29, 1.82) is 0 Å². The van der Waals surface area contributed by atoms with Crippen molar-refractivity contribution in [3.8, 4) is 0 Å². The molecule has 0 aromatic carbocycles. The fourth-order valence-electron chi connectivity index (χ4n) is 5.01. The normalized spacial score (nSPS) is 35.9. The maximum absolute atomic E-state index is 11.0. The lowest BCUT2D eigenvalue weighted by molar-refractivity contribution is -0.171. The van der Waals surface area contributed by atoms with Crippen LogP contribution in [0.1, 0.15) is 67.2 Å². The van der Waals surface area contributed by atoms with Gasteiger partial charge in [-0.3, -0.25) is 4.79 Å². The van der Waals surface area contributed by atoms with E-state index in [0.717, 1.165) is 30.5 Å². The van der Waals surface area contributed by atoms with Crippen LogP contribution >= 0.6 is 0 Å². The summed E-state index contributed by atoms with van der Waals surface area (Å²) in [6.45, 7) is 16.1. The van der Waals surface area contributed by atoms with E-state index in [9.17, 15) is 9.90 Å². The number of rotatable bonds is 9. The van der Waals surface area contributed by atoms with E-state index in [1.165, 1.54) is 6.92 Å². The molecule has 2 N–H and O–H groups in total. The predicted molar refractivity (Wildman–Crippen MR) is 136 cm³/mol.